The van der Waals surface area contributed by atoms with Crippen molar-refractivity contribution in [3.63, 3.8) is 0 Å². The second kappa shape index (κ2) is 6.46. The Balaban J connectivity index is 1.94. The van der Waals surface area contributed by atoms with Crippen LogP contribution in [0.5, 0.6) is 0 Å². The molecule has 1 fully saturated rings. The number of nitrogens with zero attached hydrogens (tertiary/aromatic N) is 2. The Hall–Kier alpha value is -0.970. The van der Waals surface area contributed by atoms with Crippen molar-refractivity contribution in [3.05, 3.63) is 35.6 Å². The molecule has 0 bridgehead atoms. The van der Waals surface area contributed by atoms with E-state index in [2.05, 4.69) is 23.8 Å². The van der Waals surface area contributed by atoms with Gasteiger partial charge in [0.25, 0.3) is 0 Å². The quantitative estimate of drug-likeness (QED) is 0.902. The molecule has 4 heteroatoms. The van der Waals surface area contributed by atoms with Crippen molar-refractivity contribution in [1.82, 2.24) is 9.80 Å². The third-order valence-electron chi connectivity index (χ3n) is 4.06. The van der Waals surface area contributed by atoms with Crippen LogP contribution in [0.1, 0.15) is 24.9 Å². The smallest absolute Gasteiger partial charge is 0.123 e. The maximum atomic E-state index is 13.2. The van der Waals surface area contributed by atoms with Gasteiger partial charge >= 0.3 is 0 Å². The molecular formula is C15H24FN3. The first-order chi connectivity index (χ1) is 9.10. The van der Waals surface area contributed by atoms with Crippen LogP contribution in [0.2, 0.25) is 0 Å². The molecule has 2 N–H and O–H groups in total. The van der Waals surface area contributed by atoms with E-state index >= 15 is 0 Å². The van der Waals surface area contributed by atoms with E-state index in [9.17, 15) is 4.39 Å². The summed E-state index contributed by atoms with van der Waals surface area (Å²) in [5.41, 5.74) is 7.08. The van der Waals surface area contributed by atoms with Crippen molar-refractivity contribution >= 4 is 0 Å². The van der Waals surface area contributed by atoms with Gasteiger partial charge < -0.3 is 10.6 Å². The largest absolute Gasteiger partial charge is 0.323 e. The molecule has 0 aliphatic carbocycles. The van der Waals surface area contributed by atoms with E-state index in [4.69, 9.17) is 5.73 Å². The molecule has 3 nitrogen and oxygen atoms in total. The number of benzene rings is 1. The molecule has 1 aromatic rings. The number of rotatable bonds is 4. The van der Waals surface area contributed by atoms with Crippen LogP contribution in [0.15, 0.2) is 24.3 Å². The van der Waals surface area contributed by atoms with Crippen LogP contribution < -0.4 is 5.73 Å². The zero-order valence-corrected chi connectivity index (χ0v) is 11.8. The van der Waals surface area contributed by atoms with Gasteiger partial charge in [0.1, 0.15) is 5.82 Å². The van der Waals surface area contributed by atoms with Crippen molar-refractivity contribution in [1.29, 1.82) is 0 Å². The third-order valence-corrected chi connectivity index (χ3v) is 4.06. The van der Waals surface area contributed by atoms with Gasteiger partial charge in [-0.1, -0.05) is 19.1 Å². The zero-order chi connectivity index (χ0) is 13.8. The van der Waals surface area contributed by atoms with Crippen LogP contribution >= 0.6 is 0 Å². The van der Waals surface area contributed by atoms with Crippen molar-refractivity contribution in [2.24, 2.45) is 5.73 Å². The Morgan fingerprint density at radius 3 is 2.89 bits per heavy atom. The molecule has 0 aromatic heterocycles. The molecule has 1 aromatic carbocycles. The average molecular weight is 265 g/mol. The molecule has 0 saturated carbocycles. The fraction of sp³-hybridized carbons (Fsp3) is 0.600. The predicted molar refractivity (Wildman–Crippen MR) is 76.5 cm³/mol. The van der Waals surface area contributed by atoms with Crippen molar-refractivity contribution in [2.45, 2.75) is 25.4 Å². The number of hydrogen-bond donors (Lipinski definition) is 1. The Bertz CT molecular complexity index is 410. The van der Waals surface area contributed by atoms with Crippen LogP contribution in [-0.4, -0.2) is 49.1 Å². The van der Waals surface area contributed by atoms with E-state index < -0.39 is 0 Å². The lowest BCUT2D eigenvalue weighted by molar-refractivity contribution is 0.0890. The van der Waals surface area contributed by atoms with E-state index in [-0.39, 0.29) is 11.9 Å². The Labute approximate surface area is 115 Å². The number of halogens is 1. The summed E-state index contributed by atoms with van der Waals surface area (Å²) in [4.78, 5) is 4.80. The minimum atomic E-state index is -0.210. The number of likely N-dealkylation sites (N-methyl/N-ethyl adjacent to an activating group) is 1. The van der Waals surface area contributed by atoms with E-state index in [1.54, 1.807) is 6.07 Å². The molecule has 0 spiro atoms. The zero-order valence-electron chi connectivity index (χ0n) is 11.8. The molecule has 19 heavy (non-hydrogen) atoms. The molecule has 1 aliphatic rings. The van der Waals surface area contributed by atoms with Crippen molar-refractivity contribution in [2.75, 3.05) is 33.2 Å². The highest BCUT2D eigenvalue weighted by molar-refractivity contribution is 5.20. The summed E-state index contributed by atoms with van der Waals surface area (Å²) in [6.45, 7) is 6.19. The van der Waals surface area contributed by atoms with Gasteiger partial charge in [0.2, 0.25) is 0 Å². The van der Waals surface area contributed by atoms with E-state index in [1.807, 2.05) is 6.07 Å². The first-order valence-electron chi connectivity index (χ1n) is 7.03. The van der Waals surface area contributed by atoms with Gasteiger partial charge in [0.05, 0.1) is 0 Å². The van der Waals surface area contributed by atoms with Gasteiger partial charge in [-0.25, -0.2) is 4.39 Å². The molecule has 1 heterocycles. The molecule has 106 valence electrons. The molecular weight excluding hydrogens is 241 g/mol. The van der Waals surface area contributed by atoms with Gasteiger partial charge in [-0.05, 0) is 31.2 Å². The first-order valence-corrected chi connectivity index (χ1v) is 7.03. The SMILES string of the molecule is CCC1CN(CC(N)c2cccc(F)c2)CCN1C. The molecule has 1 saturated heterocycles. The van der Waals surface area contributed by atoms with Crippen LogP contribution in [0.4, 0.5) is 4.39 Å². The van der Waals surface area contributed by atoms with Gasteiger partial charge in [-0.2, -0.15) is 0 Å². The molecule has 2 unspecified atom stereocenters. The van der Waals surface area contributed by atoms with E-state index in [0.29, 0.717) is 6.04 Å². The number of hydrogen-bond acceptors (Lipinski definition) is 3. The third kappa shape index (κ3) is 3.75. The summed E-state index contributed by atoms with van der Waals surface area (Å²) >= 11 is 0. The van der Waals surface area contributed by atoms with E-state index in [1.165, 1.54) is 12.1 Å². The summed E-state index contributed by atoms with van der Waals surface area (Å²) in [6.07, 6.45) is 1.15. The highest BCUT2D eigenvalue weighted by atomic mass is 19.1. The predicted octanol–water partition coefficient (Wildman–Crippen LogP) is 1.85. The Morgan fingerprint density at radius 1 is 1.42 bits per heavy atom. The second-order valence-electron chi connectivity index (χ2n) is 5.46. The standard InChI is InChI=1S/C15H24FN3/c1-3-14-10-19(8-7-18(14)2)11-15(17)12-5-4-6-13(16)9-12/h4-6,9,14-15H,3,7-8,10-11,17H2,1-2H3. The molecule has 0 amide bonds. The highest BCUT2D eigenvalue weighted by Crippen LogP contribution is 2.16. The van der Waals surface area contributed by atoms with Crippen LogP contribution in [0.25, 0.3) is 0 Å². The Kier molecular flexibility index (Phi) is 4.91. The fourth-order valence-corrected chi connectivity index (χ4v) is 2.74. The minimum absolute atomic E-state index is 0.114. The normalized spacial score (nSPS) is 23.5. The van der Waals surface area contributed by atoms with Crippen LogP contribution in [-0.2, 0) is 0 Å². The molecule has 2 rings (SSSR count). The van der Waals surface area contributed by atoms with Gasteiger partial charge in [-0.3, -0.25) is 4.90 Å². The van der Waals surface area contributed by atoms with Crippen LogP contribution in [0.3, 0.4) is 0 Å². The highest BCUT2D eigenvalue weighted by Gasteiger charge is 2.24. The molecule has 1 aliphatic heterocycles. The Morgan fingerprint density at radius 2 is 2.21 bits per heavy atom. The summed E-state index contributed by atoms with van der Waals surface area (Å²) in [7, 11) is 2.18. The minimum Gasteiger partial charge on any atom is -0.323 e. The second-order valence-corrected chi connectivity index (χ2v) is 5.46. The summed E-state index contributed by atoms with van der Waals surface area (Å²) < 4.78 is 13.2. The van der Waals surface area contributed by atoms with Gasteiger partial charge in [0.15, 0.2) is 0 Å². The summed E-state index contributed by atoms with van der Waals surface area (Å²) in [5.74, 6) is -0.210. The van der Waals surface area contributed by atoms with Gasteiger partial charge in [0, 0.05) is 38.3 Å². The monoisotopic (exact) mass is 265 g/mol. The van der Waals surface area contributed by atoms with Gasteiger partial charge in [-0.15, -0.1) is 0 Å². The topological polar surface area (TPSA) is 32.5 Å². The number of nitrogens with two attached hydrogens (primary N) is 1. The van der Waals surface area contributed by atoms with Crippen molar-refractivity contribution < 1.29 is 4.39 Å². The molecule has 0 radical (unpaired) electrons. The van der Waals surface area contributed by atoms with Crippen molar-refractivity contribution in [3.8, 4) is 0 Å². The first kappa shape index (κ1) is 14.4. The lowest BCUT2D eigenvalue weighted by atomic mass is 10.1. The van der Waals surface area contributed by atoms with Crippen LogP contribution in [0, 0.1) is 5.82 Å². The molecule has 2 atom stereocenters. The maximum Gasteiger partial charge on any atom is 0.123 e. The lowest BCUT2D eigenvalue weighted by Crippen LogP contribution is -2.52. The summed E-state index contributed by atoms with van der Waals surface area (Å²) in [5, 5.41) is 0. The average Bonchev–Trinajstić information content (AvgIpc) is 2.41. The number of piperazine rings is 1. The summed E-state index contributed by atoms with van der Waals surface area (Å²) in [6, 6.07) is 7.12. The van der Waals surface area contributed by atoms with E-state index in [0.717, 1.165) is 38.2 Å². The maximum absolute atomic E-state index is 13.2. The fourth-order valence-electron chi connectivity index (χ4n) is 2.74. The lowest BCUT2D eigenvalue weighted by Gasteiger charge is -2.40.